The fraction of sp³-hybridized carbons (Fsp3) is 0.600. The maximum Gasteiger partial charge on any atom is 0.147 e. The van der Waals surface area contributed by atoms with Crippen molar-refractivity contribution in [2.75, 3.05) is 13.7 Å². The molecule has 0 saturated carbocycles. The molecule has 1 heterocycles. The van der Waals surface area contributed by atoms with Gasteiger partial charge in [0, 0.05) is 22.7 Å². The van der Waals surface area contributed by atoms with E-state index in [0.29, 0.717) is 16.1 Å². The van der Waals surface area contributed by atoms with E-state index in [1.54, 1.807) is 12.1 Å². The number of hydrogen-bond acceptors (Lipinski definition) is 2. The topological polar surface area (TPSA) is 21.3 Å². The molecule has 112 valence electrons. The lowest BCUT2D eigenvalue weighted by Gasteiger charge is -2.25. The molecular formula is C15H20BrClFNO. The number of halogens is 3. The Kier molecular flexibility index (Phi) is 6.27. The van der Waals surface area contributed by atoms with Gasteiger partial charge in [-0.25, -0.2) is 4.39 Å². The molecule has 0 aromatic heterocycles. The number of ether oxygens (including phenoxy) is 1. The summed E-state index contributed by atoms with van der Waals surface area (Å²) in [7, 11) is 1.85. The molecule has 0 spiro atoms. The smallest absolute Gasteiger partial charge is 0.147 e. The quantitative estimate of drug-likeness (QED) is 0.754. The molecule has 0 amide bonds. The molecule has 1 N–H and O–H groups in total. The molecule has 1 aromatic rings. The average Bonchev–Trinajstić information content (AvgIpc) is 2.48. The lowest BCUT2D eigenvalue weighted by atomic mass is 9.97. The average molecular weight is 365 g/mol. The van der Waals surface area contributed by atoms with Crippen molar-refractivity contribution >= 4 is 27.5 Å². The third kappa shape index (κ3) is 3.94. The highest BCUT2D eigenvalue weighted by atomic mass is 79.9. The Balaban J connectivity index is 2.02. The second-order valence-electron chi connectivity index (χ2n) is 5.17. The van der Waals surface area contributed by atoms with Gasteiger partial charge in [0.15, 0.2) is 0 Å². The van der Waals surface area contributed by atoms with Crippen molar-refractivity contribution in [2.24, 2.45) is 0 Å². The van der Waals surface area contributed by atoms with Crippen molar-refractivity contribution in [3.05, 3.63) is 33.0 Å². The molecule has 2 nitrogen and oxygen atoms in total. The largest absolute Gasteiger partial charge is 0.378 e. The summed E-state index contributed by atoms with van der Waals surface area (Å²) in [5, 5.41) is 3.33. The molecule has 1 aliphatic rings. The third-order valence-electron chi connectivity index (χ3n) is 3.84. The SMILES string of the molecule is CNC(CCC1CCCCO1)c1ccc(Br)c(Cl)c1F. The van der Waals surface area contributed by atoms with Crippen LogP contribution in [0.4, 0.5) is 4.39 Å². The van der Waals surface area contributed by atoms with Crippen LogP contribution in [-0.2, 0) is 4.74 Å². The van der Waals surface area contributed by atoms with E-state index >= 15 is 0 Å². The van der Waals surface area contributed by atoms with Crippen molar-refractivity contribution in [3.8, 4) is 0 Å². The maximum atomic E-state index is 14.2. The van der Waals surface area contributed by atoms with Gasteiger partial charge in [0.25, 0.3) is 0 Å². The van der Waals surface area contributed by atoms with Crippen LogP contribution in [0, 0.1) is 5.82 Å². The Bertz CT molecular complexity index is 452. The van der Waals surface area contributed by atoms with Crippen molar-refractivity contribution in [3.63, 3.8) is 0 Å². The molecule has 2 atom stereocenters. The Hall–Kier alpha value is -0.160. The summed E-state index contributed by atoms with van der Waals surface area (Å²) in [6, 6.07) is 3.54. The van der Waals surface area contributed by atoms with E-state index in [2.05, 4.69) is 21.2 Å². The minimum absolute atomic E-state index is 0.0360. The van der Waals surface area contributed by atoms with Gasteiger partial charge in [-0.05, 0) is 61.1 Å². The predicted molar refractivity (Wildman–Crippen MR) is 83.7 cm³/mol. The Morgan fingerprint density at radius 1 is 1.50 bits per heavy atom. The van der Waals surface area contributed by atoms with Gasteiger partial charge in [-0.15, -0.1) is 0 Å². The van der Waals surface area contributed by atoms with Crippen LogP contribution in [0.1, 0.15) is 43.7 Å². The van der Waals surface area contributed by atoms with Gasteiger partial charge in [-0.1, -0.05) is 17.7 Å². The summed E-state index contributed by atoms with van der Waals surface area (Å²) in [4.78, 5) is 0. The van der Waals surface area contributed by atoms with E-state index in [1.807, 2.05) is 7.05 Å². The number of rotatable bonds is 5. The highest BCUT2D eigenvalue weighted by Crippen LogP contribution is 2.32. The Morgan fingerprint density at radius 2 is 2.30 bits per heavy atom. The van der Waals surface area contributed by atoms with Gasteiger partial charge in [0.1, 0.15) is 5.82 Å². The molecular weight excluding hydrogens is 345 g/mol. The Morgan fingerprint density at radius 3 is 2.95 bits per heavy atom. The minimum Gasteiger partial charge on any atom is -0.378 e. The molecule has 5 heteroatoms. The maximum absolute atomic E-state index is 14.2. The second kappa shape index (κ2) is 7.74. The Labute approximate surface area is 133 Å². The van der Waals surface area contributed by atoms with E-state index in [0.717, 1.165) is 32.3 Å². The highest BCUT2D eigenvalue weighted by molar-refractivity contribution is 9.10. The van der Waals surface area contributed by atoms with Crippen molar-refractivity contribution in [2.45, 2.75) is 44.2 Å². The zero-order valence-corrected chi connectivity index (χ0v) is 13.9. The van der Waals surface area contributed by atoms with Crippen molar-refractivity contribution < 1.29 is 9.13 Å². The summed E-state index contributed by atoms with van der Waals surface area (Å²) in [6.07, 6.45) is 5.60. The molecule has 0 bridgehead atoms. The van der Waals surface area contributed by atoms with Crippen LogP contribution in [-0.4, -0.2) is 19.8 Å². The fourth-order valence-electron chi connectivity index (χ4n) is 2.65. The first kappa shape index (κ1) is 16.2. The van der Waals surface area contributed by atoms with E-state index in [4.69, 9.17) is 16.3 Å². The van der Waals surface area contributed by atoms with E-state index < -0.39 is 0 Å². The summed E-state index contributed by atoms with van der Waals surface area (Å²) >= 11 is 9.20. The molecule has 2 unspecified atom stereocenters. The molecule has 1 fully saturated rings. The molecule has 1 saturated heterocycles. The van der Waals surface area contributed by atoms with Gasteiger partial charge >= 0.3 is 0 Å². The molecule has 20 heavy (non-hydrogen) atoms. The third-order valence-corrected chi connectivity index (χ3v) is 5.10. The predicted octanol–water partition coefficient (Wildman–Crippen LogP) is 4.85. The van der Waals surface area contributed by atoms with Gasteiger partial charge in [-0.2, -0.15) is 0 Å². The van der Waals surface area contributed by atoms with Gasteiger partial charge in [0.05, 0.1) is 11.1 Å². The fourth-order valence-corrected chi connectivity index (χ4v) is 3.13. The first-order chi connectivity index (χ1) is 9.63. The molecule has 0 radical (unpaired) electrons. The number of benzene rings is 1. The molecule has 1 aromatic carbocycles. The zero-order valence-electron chi connectivity index (χ0n) is 11.6. The van der Waals surface area contributed by atoms with Crippen LogP contribution in [0.3, 0.4) is 0 Å². The lowest BCUT2D eigenvalue weighted by Crippen LogP contribution is -2.23. The summed E-state index contributed by atoms with van der Waals surface area (Å²) in [5.74, 6) is -0.343. The normalized spacial score (nSPS) is 20.9. The summed E-state index contributed by atoms with van der Waals surface area (Å²) < 4.78 is 20.5. The van der Waals surface area contributed by atoms with Crippen LogP contribution in [0.15, 0.2) is 16.6 Å². The highest BCUT2D eigenvalue weighted by Gasteiger charge is 2.20. The monoisotopic (exact) mass is 363 g/mol. The van der Waals surface area contributed by atoms with Gasteiger partial charge in [-0.3, -0.25) is 0 Å². The van der Waals surface area contributed by atoms with Crippen LogP contribution >= 0.6 is 27.5 Å². The van der Waals surface area contributed by atoms with Crippen LogP contribution in [0.5, 0.6) is 0 Å². The van der Waals surface area contributed by atoms with Crippen molar-refractivity contribution in [1.82, 2.24) is 5.32 Å². The first-order valence-electron chi connectivity index (χ1n) is 7.05. The first-order valence-corrected chi connectivity index (χ1v) is 8.23. The van der Waals surface area contributed by atoms with Crippen molar-refractivity contribution in [1.29, 1.82) is 0 Å². The van der Waals surface area contributed by atoms with E-state index in [-0.39, 0.29) is 16.9 Å². The molecule has 1 aliphatic heterocycles. The summed E-state index contributed by atoms with van der Waals surface area (Å²) in [5.41, 5.74) is 0.622. The standard InChI is InChI=1S/C15H20BrClFNO/c1-19-13(8-5-10-4-2-3-9-20-10)11-6-7-12(16)14(17)15(11)18/h6-7,10,13,19H,2-5,8-9H2,1H3. The number of hydrogen-bond donors (Lipinski definition) is 1. The summed E-state index contributed by atoms with van der Waals surface area (Å²) in [6.45, 7) is 0.855. The lowest BCUT2D eigenvalue weighted by molar-refractivity contribution is 0.00861. The second-order valence-corrected chi connectivity index (χ2v) is 6.40. The van der Waals surface area contributed by atoms with Crippen LogP contribution < -0.4 is 5.32 Å². The van der Waals surface area contributed by atoms with E-state index in [1.165, 1.54) is 6.42 Å². The zero-order chi connectivity index (χ0) is 14.5. The number of nitrogens with one attached hydrogen (secondary N) is 1. The van der Waals surface area contributed by atoms with Gasteiger partial charge < -0.3 is 10.1 Å². The van der Waals surface area contributed by atoms with E-state index in [9.17, 15) is 4.39 Å². The van der Waals surface area contributed by atoms with Crippen LogP contribution in [0.25, 0.3) is 0 Å². The molecule has 0 aliphatic carbocycles. The minimum atomic E-state index is -0.343. The molecule has 2 rings (SSSR count). The van der Waals surface area contributed by atoms with Gasteiger partial charge in [0.2, 0.25) is 0 Å². The van der Waals surface area contributed by atoms with Crippen LogP contribution in [0.2, 0.25) is 5.02 Å².